The molecule has 1 unspecified atom stereocenters. The smallest absolute Gasteiger partial charge is 0.236 e. The largest absolute Gasteiger partial charge is 0.493 e. The summed E-state index contributed by atoms with van der Waals surface area (Å²) < 4.78 is 22.2. The van der Waals surface area contributed by atoms with Crippen molar-refractivity contribution >= 4 is 11.6 Å². The van der Waals surface area contributed by atoms with Gasteiger partial charge in [-0.1, -0.05) is 0 Å². The number of aromatic nitrogens is 4. The maximum atomic E-state index is 14.6. The molecule has 3 aliphatic heterocycles. The Hall–Kier alpha value is -3.07. The number of hydrogen-bond donors (Lipinski definition) is 0. The maximum Gasteiger partial charge on any atom is 0.236 e. The Labute approximate surface area is 210 Å². The van der Waals surface area contributed by atoms with Gasteiger partial charge in [0.15, 0.2) is 5.65 Å². The molecule has 5 heterocycles. The average molecular weight is 493 g/mol. The van der Waals surface area contributed by atoms with Crippen LogP contribution in [0.25, 0.3) is 5.65 Å². The standard InChI is InChI=1S/C27H33FN6O2/c28-23-6-7-24-21(10-15-36-24)20(23)5-8-25-29-16-22(27-31-30-18-34(25)27)19-4-3-13-33(14-9-19)26(35)17-32-11-1-2-12-32/h6-7,16,18-19H,1-5,8-15,17H2. The molecule has 2 fully saturated rings. The quantitative estimate of drug-likeness (QED) is 0.526. The van der Waals surface area contributed by atoms with Crippen LogP contribution in [0.2, 0.25) is 0 Å². The van der Waals surface area contributed by atoms with Crippen molar-refractivity contribution in [3.05, 3.63) is 53.0 Å². The molecule has 3 aromatic rings. The van der Waals surface area contributed by atoms with Gasteiger partial charge in [-0.25, -0.2) is 9.37 Å². The Morgan fingerprint density at radius 1 is 1.08 bits per heavy atom. The Morgan fingerprint density at radius 2 is 1.97 bits per heavy atom. The van der Waals surface area contributed by atoms with Crippen molar-refractivity contribution in [2.75, 3.05) is 39.3 Å². The molecule has 9 heteroatoms. The highest BCUT2D eigenvalue weighted by atomic mass is 19.1. The van der Waals surface area contributed by atoms with E-state index in [1.54, 1.807) is 12.4 Å². The fraction of sp³-hybridized carbons (Fsp3) is 0.556. The number of nitrogens with zero attached hydrogens (tertiary/aromatic N) is 6. The van der Waals surface area contributed by atoms with Crippen LogP contribution in [0.4, 0.5) is 4.39 Å². The number of amides is 1. The zero-order valence-corrected chi connectivity index (χ0v) is 20.7. The molecule has 0 spiro atoms. The minimum atomic E-state index is -0.182. The molecule has 2 aromatic heterocycles. The van der Waals surface area contributed by atoms with Gasteiger partial charge in [0.25, 0.3) is 0 Å². The van der Waals surface area contributed by atoms with Crippen LogP contribution in [0.1, 0.15) is 60.5 Å². The summed E-state index contributed by atoms with van der Waals surface area (Å²) in [7, 11) is 0. The molecule has 0 saturated carbocycles. The van der Waals surface area contributed by atoms with E-state index in [4.69, 9.17) is 9.72 Å². The van der Waals surface area contributed by atoms with Crippen LogP contribution in [0.3, 0.4) is 0 Å². The fourth-order valence-electron chi connectivity index (χ4n) is 6.07. The molecular weight excluding hydrogens is 459 g/mol. The molecule has 8 nitrogen and oxygen atoms in total. The summed E-state index contributed by atoms with van der Waals surface area (Å²) in [5.74, 6) is 1.98. The highest BCUT2D eigenvalue weighted by Crippen LogP contribution is 2.32. The van der Waals surface area contributed by atoms with E-state index in [0.29, 0.717) is 26.0 Å². The highest BCUT2D eigenvalue weighted by molar-refractivity contribution is 5.78. The van der Waals surface area contributed by atoms with Gasteiger partial charge < -0.3 is 9.64 Å². The second-order valence-corrected chi connectivity index (χ2v) is 10.2. The molecule has 190 valence electrons. The molecule has 6 rings (SSSR count). The number of aryl methyl sites for hydroxylation is 1. The van der Waals surface area contributed by atoms with Crippen molar-refractivity contribution in [1.29, 1.82) is 0 Å². The number of hydrogen-bond acceptors (Lipinski definition) is 6. The van der Waals surface area contributed by atoms with Gasteiger partial charge in [-0.05, 0) is 75.2 Å². The summed E-state index contributed by atoms with van der Waals surface area (Å²) in [6.07, 6.45) is 10.8. The zero-order chi connectivity index (χ0) is 24.5. The van der Waals surface area contributed by atoms with Crippen LogP contribution < -0.4 is 4.74 Å². The SMILES string of the molecule is O=C(CN1CCCC1)N1CCCC(c2cnc(CCc3c(F)ccc4c3CCO4)n3cnnc23)CC1. The van der Waals surface area contributed by atoms with E-state index in [2.05, 4.69) is 15.1 Å². The predicted octanol–water partition coefficient (Wildman–Crippen LogP) is 3.18. The topological polar surface area (TPSA) is 75.9 Å². The van der Waals surface area contributed by atoms with Gasteiger partial charge in [0.2, 0.25) is 5.91 Å². The van der Waals surface area contributed by atoms with Gasteiger partial charge >= 0.3 is 0 Å². The van der Waals surface area contributed by atoms with Crippen molar-refractivity contribution in [3.63, 3.8) is 0 Å². The van der Waals surface area contributed by atoms with Crippen LogP contribution in [0, 0.1) is 5.82 Å². The lowest BCUT2D eigenvalue weighted by Crippen LogP contribution is -2.39. The number of fused-ring (bicyclic) bond motifs is 2. The molecule has 36 heavy (non-hydrogen) atoms. The lowest BCUT2D eigenvalue weighted by atomic mass is 9.93. The van der Waals surface area contributed by atoms with Crippen molar-refractivity contribution in [2.24, 2.45) is 0 Å². The number of carbonyl (C=O) groups is 1. The minimum absolute atomic E-state index is 0.182. The van der Waals surface area contributed by atoms with E-state index in [1.165, 1.54) is 18.9 Å². The lowest BCUT2D eigenvalue weighted by molar-refractivity contribution is -0.132. The van der Waals surface area contributed by atoms with E-state index in [1.807, 2.05) is 15.5 Å². The molecule has 3 aliphatic rings. The van der Waals surface area contributed by atoms with Crippen LogP contribution in [0.5, 0.6) is 5.75 Å². The number of benzene rings is 1. The molecule has 0 N–H and O–H groups in total. The molecule has 1 amide bonds. The number of halogens is 1. The summed E-state index contributed by atoms with van der Waals surface area (Å²) in [5, 5.41) is 8.61. The molecule has 0 radical (unpaired) electrons. The summed E-state index contributed by atoms with van der Waals surface area (Å²) in [6, 6.07) is 3.22. The van der Waals surface area contributed by atoms with Gasteiger partial charge in [-0.3, -0.25) is 14.1 Å². The normalized spacial score (nSPS) is 20.5. The van der Waals surface area contributed by atoms with E-state index < -0.39 is 0 Å². The number of rotatable bonds is 6. The fourth-order valence-corrected chi connectivity index (χ4v) is 6.07. The highest BCUT2D eigenvalue weighted by Gasteiger charge is 2.26. The first-order valence-electron chi connectivity index (χ1n) is 13.3. The Bertz CT molecular complexity index is 1250. The van der Waals surface area contributed by atoms with E-state index in [9.17, 15) is 9.18 Å². The summed E-state index contributed by atoms with van der Waals surface area (Å²) in [5.41, 5.74) is 3.61. The first-order valence-corrected chi connectivity index (χ1v) is 13.3. The third-order valence-corrected chi connectivity index (χ3v) is 8.05. The lowest BCUT2D eigenvalue weighted by Gasteiger charge is -2.24. The molecule has 0 bridgehead atoms. The number of ether oxygens (including phenoxy) is 1. The number of likely N-dealkylation sites (tertiary alicyclic amines) is 2. The number of carbonyl (C=O) groups excluding carboxylic acids is 1. The molecule has 0 aliphatic carbocycles. The van der Waals surface area contributed by atoms with E-state index >= 15 is 0 Å². The molecular formula is C27H33FN6O2. The van der Waals surface area contributed by atoms with E-state index in [-0.39, 0.29) is 17.6 Å². The third kappa shape index (κ3) is 4.56. The second-order valence-electron chi connectivity index (χ2n) is 10.2. The summed E-state index contributed by atoms with van der Waals surface area (Å²) >= 11 is 0. The van der Waals surface area contributed by atoms with Crippen molar-refractivity contribution < 1.29 is 13.9 Å². The molecule has 1 aromatic carbocycles. The summed E-state index contributed by atoms with van der Waals surface area (Å²) in [6.45, 7) is 4.81. The molecule has 1 atom stereocenters. The minimum Gasteiger partial charge on any atom is -0.493 e. The third-order valence-electron chi connectivity index (χ3n) is 8.05. The van der Waals surface area contributed by atoms with E-state index in [0.717, 1.165) is 85.8 Å². The van der Waals surface area contributed by atoms with Gasteiger partial charge in [-0.15, -0.1) is 10.2 Å². The van der Waals surface area contributed by atoms with Gasteiger partial charge in [0.05, 0.1) is 13.2 Å². The second kappa shape index (κ2) is 10.1. The van der Waals surface area contributed by atoms with Gasteiger partial charge in [0.1, 0.15) is 23.7 Å². The average Bonchev–Trinajstić information content (AvgIpc) is 3.64. The van der Waals surface area contributed by atoms with Crippen LogP contribution in [-0.4, -0.2) is 74.6 Å². The Morgan fingerprint density at radius 3 is 2.86 bits per heavy atom. The predicted molar refractivity (Wildman–Crippen MR) is 133 cm³/mol. The maximum absolute atomic E-state index is 14.6. The van der Waals surface area contributed by atoms with Crippen LogP contribution in [-0.2, 0) is 24.1 Å². The monoisotopic (exact) mass is 492 g/mol. The van der Waals surface area contributed by atoms with Crippen molar-refractivity contribution in [1.82, 2.24) is 29.4 Å². The molecule has 2 saturated heterocycles. The van der Waals surface area contributed by atoms with Gasteiger partial charge in [-0.2, -0.15) is 0 Å². The first kappa shape index (κ1) is 23.3. The first-order chi connectivity index (χ1) is 17.7. The van der Waals surface area contributed by atoms with Crippen molar-refractivity contribution in [2.45, 2.75) is 57.3 Å². The van der Waals surface area contributed by atoms with Gasteiger partial charge in [0, 0.05) is 43.3 Å². The van der Waals surface area contributed by atoms with Crippen LogP contribution >= 0.6 is 0 Å². The zero-order valence-electron chi connectivity index (χ0n) is 20.7. The Kier molecular flexibility index (Phi) is 6.56. The van der Waals surface area contributed by atoms with Crippen molar-refractivity contribution in [3.8, 4) is 5.75 Å². The Balaban J connectivity index is 1.16. The van der Waals surface area contributed by atoms with Crippen LogP contribution in [0.15, 0.2) is 24.7 Å². The summed E-state index contributed by atoms with van der Waals surface area (Å²) in [4.78, 5) is 22.0.